The maximum atomic E-state index is 15.1. The van der Waals surface area contributed by atoms with E-state index < -0.39 is 34.3 Å². The fraction of sp³-hybridized carbons (Fsp3) is 0.297. The van der Waals surface area contributed by atoms with Gasteiger partial charge in [-0.05, 0) is 67.8 Å². The van der Waals surface area contributed by atoms with Crippen molar-refractivity contribution in [3.8, 4) is 0 Å². The van der Waals surface area contributed by atoms with Gasteiger partial charge < -0.3 is 10.2 Å². The van der Waals surface area contributed by atoms with Crippen LogP contribution in [0.1, 0.15) is 48.8 Å². The van der Waals surface area contributed by atoms with Crippen molar-refractivity contribution in [2.75, 3.05) is 10.8 Å². The maximum Gasteiger partial charge on any atom is 0.264 e. The number of carbonyl (C=O) groups is 2. The topological polar surface area (TPSA) is 86.8 Å². The van der Waals surface area contributed by atoms with Crippen LogP contribution in [0.25, 0.3) is 0 Å². The zero-order valence-corrected chi connectivity index (χ0v) is 27.9. The van der Waals surface area contributed by atoms with Crippen molar-refractivity contribution in [2.45, 2.75) is 69.0 Å². The van der Waals surface area contributed by atoms with E-state index in [1.165, 1.54) is 35.2 Å². The second-order valence-corrected chi connectivity index (χ2v) is 14.3. The summed E-state index contributed by atoms with van der Waals surface area (Å²) in [5.74, 6) is -1.54. The number of anilines is 1. The third-order valence-electron chi connectivity index (χ3n) is 8.52. The molecular weight excluding hydrogens is 637 g/mol. The van der Waals surface area contributed by atoms with Gasteiger partial charge in [-0.15, -0.1) is 0 Å². The summed E-state index contributed by atoms with van der Waals surface area (Å²) in [5.41, 5.74) is 2.12. The van der Waals surface area contributed by atoms with Crippen LogP contribution in [0, 0.1) is 12.7 Å². The van der Waals surface area contributed by atoms with E-state index in [9.17, 15) is 18.0 Å². The van der Waals surface area contributed by atoms with E-state index in [-0.39, 0.29) is 41.1 Å². The summed E-state index contributed by atoms with van der Waals surface area (Å²) in [4.78, 5) is 30.0. The lowest BCUT2D eigenvalue weighted by Gasteiger charge is -2.35. The van der Waals surface area contributed by atoms with Crippen LogP contribution in [-0.4, -0.2) is 43.8 Å². The molecule has 0 aliphatic heterocycles. The molecule has 1 saturated carbocycles. The third kappa shape index (κ3) is 8.78. The Morgan fingerprint density at radius 3 is 2.17 bits per heavy atom. The number of aryl methyl sites for hydroxylation is 1. The number of benzene rings is 4. The first-order valence-corrected chi connectivity index (χ1v) is 17.7. The predicted octanol–water partition coefficient (Wildman–Crippen LogP) is 7.07. The number of nitrogens with zero attached hydrogens (tertiary/aromatic N) is 2. The van der Waals surface area contributed by atoms with Crippen molar-refractivity contribution in [1.82, 2.24) is 10.2 Å². The second-order valence-electron chi connectivity index (χ2n) is 12.0. The van der Waals surface area contributed by atoms with Gasteiger partial charge >= 0.3 is 0 Å². The van der Waals surface area contributed by atoms with Crippen LogP contribution in [-0.2, 0) is 32.6 Å². The Balaban J connectivity index is 1.56. The van der Waals surface area contributed by atoms with Crippen LogP contribution in [0.4, 0.5) is 10.1 Å². The van der Waals surface area contributed by atoms with Gasteiger partial charge in [-0.1, -0.05) is 97.1 Å². The van der Waals surface area contributed by atoms with E-state index in [2.05, 4.69) is 5.32 Å². The largest absolute Gasteiger partial charge is 0.352 e. The average molecular weight is 676 g/mol. The molecule has 1 aliphatic carbocycles. The van der Waals surface area contributed by atoms with Crippen molar-refractivity contribution >= 4 is 39.1 Å². The van der Waals surface area contributed by atoms with Gasteiger partial charge in [-0.2, -0.15) is 0 Å². The minimum atomic E-state index is -4.25. The number of hydrogen-bond donors (Lipinski definition) is 1. The van der Waals surface area contributed by atoms with Gasteiger partial charge in [-0.3, -0.25) is 13.9 Å². The van der Waals surface area contributed by atoms with E-state index in [1.54, 1.807) is 42.5 Å². The molecule has 0 heterocycles. The van der Waals surface area contributed by atoms with Gasteiger partial charge in [-0.25, -0.2) is 12.8 Å². The van der Waals surface area contributed by atoms with Crippen molar-refractivity contribution in [3.63, 3.8) is 0 Å². The first-order valence-electron chi connectivity index (χ1n) is 15.8. The number of halogens is 2. The molecule has 4 aromatic carbocycles. The summed E-state index contributed by atoms with van der Waals surface area (Å²) >= 11 is 6.14. The normalized spacial score (nSPS) is 14.3. The lowest BCUT2D eigenvalue weighted by atomic mass is 9.94. The number of hydrogen-bond acceptors (Lipinski definition) is 4. The molecule has 1 N–H and O–H groups in total. The highest BCUT2D eigenvalue weighted by Gasteiger charge is 2.35. The van der Waals surface area contributed by atoms with E-state index in [1.807, 2.05) is 37.3 Å². The Kier molecular flexibility index (Phi) is 11.3. The zero-order valence-electron chi connectivity index (χ0n) is 26.3. The summed E-state index contributed by atoms with van der Waals surface area (Å²) in [7, 11) is -4.25. The van der Waals surface area contributed by atoms with Crippen molar-refractivity contribution in [2.24, 2.45) is 0 Å². The van der Waals surface area contributed by atoms with E-state index in [4.69, 9.17) is 11.6 Å². The molecule has 10 heteroatoms. The molecule has 0 unspecified atom stereocenters. The van der Waals surface area contributed by atoms with Crippen molar-refractivity contribution < 1.29 is 22.4 Å². The molecule has 4 aromatic rings. The Morgan fingerprint density at radius 2 is 1.51 bits per heavy atom. The zero-order chi connectivity index (χ0) is 33.4. The molecule has 0 saturated heterocycles. The summed E-state index contributed by atoms with van der Waals surface area (Å²) in [6, 6.07) is 26.8. The first kappa shape index (κ1) is 34.1. The minimum absolute atomic E-state index is 0.00220. The average Bonchev–Trinajstić information content (AvgIpc) is 3.07. The maximum absolute atomic E-state index is 15.1. The molecule has 7 nitrogen and oxygen atoms in total. The molecule has 0 aromatic heterocycles. The van der Waals surface area contributed by atoms with Crippen molar-refractivity contribution in [1.29, 1.82) is 0 Å². The molecule has 1 atom stereocenters. The number of carbonyl (C=O) groups excluding carboxylic acids is 2. The fourth-order valence-corrected chi connectivity index (χ4v) is 7.42. The Bertz CT molecular complexity index is 1760. The van der Waals surface area contributed by atoms with Crippen LogP contribution in [0.15, 0.2) is 108 Å². The van der Waals surface area contributed by atoms with Gasteiger partial charge in [0, 0.05) is 29.6 Å². The van der Waals surface area contributed by atoms with E-state index in [0.29, 0.717) is 5.02 Å². The molecule has 246 valence electrons. The number of sulfonamides is 1. The number of amides is 2. The van der Waals surface area contributed by atoms with Gasteiger partial charge in [0.2, 0.25) is 11.8 Å². The molecule has 5 rings (SSSR count). The Hall–Kier alpha value is -4.21. The summed E-state index contributed by atoms with van der Waals surface area (Å²) in [6.07, 6.45) is 4.94. The van der Waals surface area contributed by atoms with Crippen LogP contribution >= 0.6 is 11.6 Å². The monoisotopic (exact) mass is 675 g/mol. The van der Waals surface area contributed by atoms with Crippen LogP contribution in [0.2, 0.25) is 5.02 Å². The van der Waals surface area contributed by atoms with Gasteiger partial charge in [0.05, 0.1) is 10.6 Å². The van der Waals surface area contributed by atoms with Gasteiger partial charge in [0.15, 0.2) is 0 Å². The molecule has 1 aliphatic rings. The third-order valence-corrected chi connectivity index (χ3v) is 10.6. The lowest BCUT2D eigenvalue weighted by molar-refractivity contribution is -0.140. The molecule has 0 bridgehead atoms. The van der Waals surface area contributed by atoms with Crippen molar-refractivity contribution in [3.05, 3.63) is 131 Å². The van der Waals surface area contributed by atoms with Gasteiger partial charge in [0.25, 0.3) is 10.0 Å². The van der Waals surface area contributed by atoms with Crippen LogP contribution in [0.3, 0.4) is 0 Å². The standard InChI is InChI=1S/C37H39ClFN3O4S/c1-27-16-22-33(23-17-27)47(45,46)42(32-20-18-30(38)19-21-32)26-36(43)41(25-29-12-8-9-15-34(29)39)35(24-28-10-4-2-5-11-28)37(44)40-31-13-6-3-7-14-31/h2,4-5,8-12,15-23,31,35H,3,6-7,13-14,24-26H2,1H3,(H,40,44)/t35-/m1/s1. The quantitative estimate of drug-likeness (QED) is 0.174. The van der Waals surface area contributed by atoms with Gasteiger partial charge in [0.1, 0.15) is 18.4 Å². The highest BCUT2D eigenvalue weighted by Crippen LogP contribution is 2.27. The molecular formula is C37H39ClFN3O4S. The molecule has 2 amide bonds. The first-order chi connectivity index (χ1) is 22.6. The summed E-state index contributed by atoms with van der Waals surface area (Å²) in [5, 5.41) is 3.55. The Labute approximate surface area is 281 Å². The number of nitrogens with one attached hydrogen (secondary N) is 1. The number of rotatable bonds is 12. The lowest BCUT2D eigenvalue weighted by Crippen LogP contribution is -2.55. The Morgan fingerprint density at radius 1 is 0.872 bits per heavy atom. The summed E-state index contributed by atoms with van der Waals surface area (Å²) in [6.45, 7) is 0.983. The second kappa shape index (κ2) is 15.6. The molecule has 0 spiro atoms. The van der Waals surface area contributed by atoms with E-state index in [0.717, 1.165) is 47.5 Å². The molecule has 0 radical (unpaired) electrons. The summed E-state index contributed by atoms with van der Waals surface area (Å²) < 4.78 is 44.4. The highest BCUT2D eigenvalue weighted by atomic mass is 35.5. The van der Waals surface area contributed by atoms with Crippen LogP contribution in [0.5, 0.6) is 0 Å². The smallest absolute Gasteiger partial charge is 0.264 e. The molecule has 47 heavy (non-hydrogen) atoms. The van der Waals surface area contributed by atoms with Crippen LogP contribution < -0.4 is 9.62 Å². The fourth-order valence-electron chi connectivity index (χ4n) is 5.88. The predicted molar refractivity (Wildman–Crippen MR) is 183 cm³/mol. The SMILES string of the molecule is Cc1ccc(S(=O)(=O)N(CC(=O)N(Cc2ccccc2F)[C@H](Cc2ccccc2)C(=O)NC2CCCCC2)c2ccc(Cl)cc2)cc1. The minimum Gasteiger partial charge on any atom is -0.352 e. The van der Waals surface area contributed by atoms with E-state index >= 15 is 4.39 Å². The highest BCUT2D eigenvalue weighted by molar-refractivity contribution is 7.92. The molecule has 1 fully saturated rings.